The molecule has 0 bridgehead atoms. The summed E-state index contributed by atoms with van der Waals surface area (Å²) in [6.45, 7) is 8.99. The molecule has 0 aromatic heterocycles. The predicted octanol–water partition coefficient (Wildman–Crippen LogP) is 2.21. The van der Waals surface area contributed by atoms with Crippen molar-refractivity contribution < 1.29 is 14.3 Å². The summed E-state index contributed by atoms with van der Waals surface area (Å²) in [5.74, 6) is 1.68. The van der Waals surface area contributed by atoms with Gasteiger partial charge in [0.15, 0.2) is 11.5 Å². The van der Waals surface area contributed by atoms with Crippen LogP contribution in [0, 0.1) is 5.92 Å². The van der Waals surface area contributed by atoms with Gasteiger partial charge in [-0.15, -0.1) is 0 Å². The van der Waals surface area contributed by atoms with E-state index < -0.39 is 0 Å². The fourth-order valence-corrected chi connectivity index (χ4v) is 2.67. The first-order chi connectivity index (χ1) is 10.7. The zero-order valence-corrected chi connectivity index (χ0v) is 13.6. The van der Waals surface area contributed by atoms with E-state index in [0.29, 0.717) is 36.2 Å². The number of carbonyl (C=O) groups is 1. The first-order valence-electron chi connectivity index (χ1n) is 8.06. The average molecular weight is 306 g/mol. The standard InChI is InChI=1S/C17H26N2O3/c1-4-21-15-7-6-13(10-16(15)22-5-2)17(20)19-14-8-9-18-11-12(14)3/h6-7,10,12,14,18H,4-5,8-9,11H2,1-3H3,(H,19,20). The Morgan fingerprint density at radius 1 is 1.27 bits per heavy atom. The van der Waals surface area contributed by atoms with Crippen LogP contribution in [0.4, 0.5) is 0 Å². The van der Waals surface area contributed by atoms with Crippen molar-refractivity contribution in [2.24, 2.45) is 5.92 Å². The number of piperidine rings is 1. The number of ether oxygens (including phenoxy) is 2. The van der Waals surface area contributed by atoms with Crippen molar-refractivity contribution in [2.45, 2.75) is 33.2 Å². The molecule has 122 valence electrons. The lowest BCUT2D eigenvalue weighted by molar-refractivity contribution is 0.0913. The van der Waals surface area contributed by atoms with E-state index in [4.69, 9.17) is 9.47 Å². The first kappa shape index (κ1) is 16.6. The Bertz CT molecular complexity index is 505. The molecule has 2 N–H and O–H groups in total. The maximum atomic E-state index is 12.5. The lowest BCUT2D eigenvalue weighted by Crippen LogP contribution is -2.48. The normalized spacial score (nSPS) is 21.2. The minimum atomic E-state index is -0.0530. The molecule has 5 heteroatoms. The first-order valence-corrected chi connectivity index (χ1v) is 8.06. The molecule has 2 rings (SSSR count). The van der Waals surface area contributed by atoms with Crippen molar-refractivity contribution >= 4 is 5.91 Å². The Balaban J connectivity index is 2.09. The van der Waals surface area contributed by atoms with Gasteiger partial charge in [0.05, 0.1) is 13.2 Å². The topological polar surface area (TPSA) is 59.6 Å². The summed E-state index contributed by atoms with van der Waals surface area (Å²) < 4.78 is 11.1. The summed E-state index contributed by atoms with van der Waals surface area (Å²) in [6, 6.07) is 5.57. The molecule has 1 aliphatic heterocycles. The Morgan fingerprint density at radius 3 is 2.68 bits per heavy atom. The van der Waals surface area contributed by atoms with Gasteiger partial charge in [0.25, 0.3) is 5.91 Å². The lowest BCUT2D eigenvalue weighted by Gasteiger charge is -2.30. The molecule has 1 aromatic rings. The summed E-state index contributed by atoms with van der Waals surface area (Å²) in [4.78, 5) is 12.5. The molecule has 0 saturated carbocycles. The third kappa shape index (κ3) is 4.13. The Labute approximate surface area is 132 Å². The molecule has 0 aliphatic carbocycles. The molecular formula is C17H26N2O3. The fraction of sp³-hybridized carbons (Fsp3) is 0.588. The summed E-state index contributed by atoms with van der Waals surface area (Å²) in [7, 11) is 0. The average Bonchev–Trinajstić information content (AvgIpc) is 2.51. The molecule has 1 aromatic carbocycles. The molecule has 1 aliphatic rings. The van der Waals surface area contributed by atoms with Crippen LogP contribution in [0.5, 0.6) is 11.5 Å². The van der Waals surface area contributed by atoms with Gasteiger partial charge in [-0.3, -0.25) is 4.79 Å². The molecular weight excluding hydrogens is 280 g/mol. The summed E-state index contributed by atoms with van der Waals surface area (Å²) >= 11 is 0. The van der Waals surface area contributed by atoms with E-state index in [9.17, 15) is 4.79 Å². The molecule has 0 radical (unpaired) electrons. The van der Waals surface area contributed by atoms with E-state index in [1.54, 1.807) is 18.2 Å². The van der Waals surface area contributed by atoms with Crippen molar-refractivity contribution in [3.8, 4) is 11.5 Å². The molecule has 1 saturated heterocycles. The minimum absolute atomic E-state index is 0.0530. The van der Waals surface area contributed by atoms with Crippen molar-refractivity contribution in [2.75, 3.05) is 26.3 Å². The van der Waals surface area contributed by atoms with Gasteiger partial charge in [0.1, 0.15) is 0 Å². The molecule has 22 heavy (non-hydrogen) atoms. The van der Waals surface area contributed by atoms with Crippen molar-refractivity contribution in [3.05, 3.63) is 23.8 Å². The van der Waals surface area contributed by atoms with Crippen LogP contribution in [0.2, 0.25) is 0 Å². The number of benzene rings is 1. The van der Waals surface area contributed by atoms with Crippen LogP contribution in [-0.2, 0) is 0 Å². The zero-order valence-electron chi connectivity index (χ0n) is 13.6. The van der Waals surface area contributed by atoms with Crippen LogP contribution in [0.1, 0.15) is 37.6 Å². The van der Waals surface area contributed by atoms with Crippen LogP contribution >= 0.6 is 0 Å². The van der Waals surface area contributed by atoms with Crippen molar-refractivity contribution in [1.29, 1.82) is 0 Å². The molecule has 1 heterocycles. The highest BCUT2D eigenvalue weighted by molar-refractivity contribution is 5.95. The SMILES string of the molecule is CCOc1ccc(C(=O)NC2CCNCC2C)cc1OCC. The smallest absolute Gasteiger partial charge is 0.251 e. The second-order valence-electron chi connectivity index (χ2n) is 5.58. The van der Waals surface area contributed by atoms with E-state index in [1.165, 1.54) is 0 Å². The third-order valence-corrected chi connectivity index (χ3v) is 3.91. The van der Waals surface area contributed by atoms with E-state index in [0.717, 1.165) is 19.5 Å². The molecule has 0 spiro atoms. The highest BCUT2D eigenvalue weighted by Crippen LogP contribution is 2.28. The van der Waals surface area contributed by atoms with Crippen LogP contribution in [0.25, 0.3) is 0 Å². The predicted molar refractivity (Wildman–Crippen MR) is 86.7 cm³/mol. The van der Waals surface area contributed by atoms with Gasteiger partial charge >= 0.3 is 0 Å². The monoisotopic (exact) mass is 306 g/mol. The number of rotatable bonds is 6. The van der Waals surface area contributed by atoms with Crippen LogP contribution < -0.4 is 20.1 Å². The van der Waals surface area contributed by atoms with Crippen molar-refractivity contribution in [3.63, 3.8) is 0 Å². The van der Waals surface area contributed by atoms with E-state index in [-0.39, 0.29) is 11.9 Å². The third-order valence-electron chi connectivity index (χ3n) is 3.91. The van der Waals surface area contributed by atoms with Crippen molar-refractivity contribution in [1.82, 2.24) is 10.6 Å². The quantitative estimate of drug-likeness (QED) is 0.846. The summed E-state index contributed by atoms with van der Waals surface area (Å²) in [6.07, 6.45) is 0.961. The Hall–Kier alpha value is -1.75. The van der Waals surface area contributed by atoms with E-state index in [1.807, 2.05) is 13.8 Å². The van der Waals surface area contributed by atoms with Gasteiger partial charge in [-0.1, -0.05) is 6.92 Å². The highest BCUT2D eigenvalue weighted by Gasteiger charge is 2.23. The number of amides is 1. The second-order valence-corrected chi connectivity index (χ2v) is 5.58. The number of hydrogen-bond donors (Lipinski definition) is 2. The van der Waals surface area contributed by atoms with Gasteiger partial charge in [-0.2, -0.15) is 0 Å². The molecule has 5 nitrogen and oxygen atoms in total. The number of carbonyl (C=O) groups excluding carboxylic acids is 1. The maximum absolute atomic E-state index is 12.5. The van der Waals surface area contributed by atoms with Crippen LogP contribution in [0.15, 0.2) is 18.2 Å². The highest BCUT2D eigenvalue weighted by atomic mass is 16.5. The number of hydrogen-bond acceptors (Lipinski definition) is 4. The molecule has 1 amide bonds. The van der Waals surface area contributed by atoms with Crippen LogP contribution in [0.3, 0.4) is 0 Å². The van der Waals surface area contributed by atoms with Gasteiger partial charge in [0, 0.05) is 11.6 Å². The van der Waals surface area contributed by atoms with Gasteiger partial charge in [-0.25, -0.2) is 0 Å². The van der Waals surface area contributed by atoms with E-state index in [2.05, 4.69) is 17.6 Å². The number of nitrogens with one attached hydrogen (secondary N) is 2. The Morgan fingerprint density at radius 2 is 2.00 bits per heavy atom. The van der Waals surface area contributed by atoms with E-state index >= 15 is 0 Å². The van der Waals surface area contributed by atoms with Gasteiger partial charge < -0.3 is 20.1 Å². The summed E-state index contributed by atoms with van der Waals surface area (Å²) in [5.41, 5.74) is 0.609. The molecule has 1 fully saturated rings. The second kappa shape index (κ2) is 8.03. The minimum Gasteiger partial charge on any atom is -0.490 e. The van der Waals surface area contributed by atoms with Gasteiger partial charge in [0.2, 0.25) is 0 Å². The fourth-order valence-electron chi connectivity index (χ4n) is 2.67. The lowest BCUT2D eigenvalue weighted by atomic mass is 9.95. The zero-order chi connectivity index (χ0) is 15.9. The Kier molecular flexibility index (Phi) is 6.07. The van der Waals surface area contributed by atoms with Gasteiger partial charge in [-0.05, 0) is 57.5 Å². The van der Waals surface area contributed by atoms with Crippen LogP contribution in [-0.4, -0.2) is 38.3 Å². The largest absolute Gasteiger partial charge is 0.490 e. The maximum Gasteiger partial charge on any atom is 0.251 e. The molecule has 2 unspecified atom stereocenters. The summed E-state index contributed by atoms with van der Waals surface area (Å²) in [5, 5.41) is 6.47. The molecule has 2 atom stereocenters.